The largest absolute Gasteiger partial charge is 0.501 e. The number of aliphatic hydroxyl groups excluding tert-OH is 1. The standard InChI is InChI=1S/C20H19NO6/c1-20(13-9-10-14(25-2)15(11-13)26-3)17(23)16(22)19(27-20)21-18(24)12-7-5-4-6-8-12/h4-11,22H,1-3H3,(H,21,24). The fourth-order valence-corrected chi connectivity index (χ4v) is 2.80. The monoisotopic (exact) mass is 369 g/mol. The summed E-state index contributed by atoms with van der Waals surface area (Å²) in [5.74, 6) is -1.19. The van der Waals surface area contributed by atoms with Crippen LogP contribution < -0.4 is 14.8 Å². The normalized spacial score (nSPS) is 18.9. The Bertz CT molecular complexity index is 921. The van der Waals surface area contributed by atoms with E-state index in [-0.39, 0.29) is 5.88 Å². The van der Waals surface area contributed by atoms with Crippen molar-refractivity contribution in [3.8, 4) is 11.5 Å². The minimum absolute atomic E-state index is 0.286. The summed E-state index contributed by atoms with van der Waals surface area (Å²) < 4.78 is 16.1. The lowest BCUT2D eigenvalue weighted by atomic mass is 9.91. The molecule has 0 spiro atoms. The van der Waals surface area contributed by atoms with Crippen LogP contribution in [0.3, 0.4) is 0 Å². The van der Waals surface area contributed by atoms with Gasteiger partial charge in [0.1, 0.15) is 0 Å². The van der Waals surface area contributed by atoms with Gasteiger partial charge in [0.25, 0.3) is 11.7 Å². The molecule has 2 aromatic carbocycles. The Morgan fingerprint density at radius 1 is 1.07 bits per heavy atom. The van der Waals surface area contributed by atoms with Crippen LogP contribution in [0.1, 0.15) is 22.8 Å². The fourth-order valence-electron chi connectivity index (χ4n) is 2.80. The third-order valence-corrected chi connectivity index (χ3v) is 4.37. The Balaban J connectivity index is 1.88. The maximum atomic E-state index is 12.7. The number of nitrogens with one attached hydrogen (secondary N) is 1. The molecule has 1 aliphatic rings. The lowest BCUT2D eigenvalue weighted by Gasteiger charge is -2.24. The number of ether oxygens (including phenoxy) is 3. The molecule has 2 aromatic rings. The number of benzene rings is 2. The highest BCUT2D eigenvalue weighted by atomic mass is 16.5. The van der Waals surface area contributed by atoms with Crippen LogP contribution in [0.5, 0.6) is 11.5 Å². The first-order valence-corrected chi connectivity index (χ1v) is 8.16. The number of hydrogen-bond donors (Lipinski definition) is 2. The summed E-state index contributed by atoms with van der Waals surface area (Å²) in [6, 6.07) is 13.3. The summed E-state index contributed by atoms with van der Waals surface area (Å²) in [6.45, 7) is 1.51. The number of carbonyl (C=O) groups is 2. The Labute approximate surface area is 156 Å². The van der Waals surface area contributed by atoms with Crippen molar-refractivity contribution in [1.29, 1.82) is 0 Å². The van der Waals surface area contributed by atoms with Crippen molar-refractivity contribution >= 4 is 11.7 Å². The van der Waals surface area contributed by atoms with E-state index >= 15 is 0 Å². The smallest absolute Gasteiger partial charge is 0.258 e. The molecule has 1 heterocycles. The molecule has 0 aromatic heterocycles. The van der Waals surface area contributed by atoms with E-state index in [2.05, 4.69) is 5.32 Å². The van der Waals surface area contributed by atoms with Crippen molar-refractivity contribution in [2.24, 2.45) is 0 Å². The van der Waals surface area contributed by atoms with Crippen molar-refractivity contribution < 1.29 is 28.9 Å². The van der Waals surface area contributed by atoms with Crippen molar-refractivity contribution in [3.63, 3.8) is 0 Å². The fraction of sp³-hybridized carbons (Fsp3) is 0.200. The zero-order valence-corrected chi connectivity index (χ0v) is 15.1. The Morgan fingerprint density at radius 2 is 1.74 bits per heavy atom. The van der Waals surface area contributed by atoms with E-state index in [0.29, 0.717) is 22.6 Å². The van der Waals surface area contributed by atoms with E-state index < -0.39 is 23.1 Å². The van der Waals surface area contributed by atoms with Gasteiger partial charge in [-0.3, -0.25) is 14.9 Å². The van der Waals surface area contributed by atoms with Crippen LogP contribution in [0, 0.1) is 0 Å². The number of amides is 1. The van der Waals surface area contributed by atoms with E-state index in [1.807, 2.05) is 0 Å². The Morgan fingerprint density at radius 3 is 2.37 bits per heavy atom. The molecule has 1 aliphatic heterocycles. The van der Waals surface area contributed by atoms with E-state index in [1.54, 1.807) is 48.5 Å². The second-order valence-corrected chi connectivity index (χ2v) is 6.03. The zero-order chi connectivity index (χ0) is 19.6. The van der Waals surface area contributed by atoms with Crippen LogP contribution >= 0.6 is 0 Å². The van der Waals surface area contributed by atoms with Gasteiger partial charge in [0.2, 0.25) is 11.6 Å². The summed E-state index contributed by atoms with van der Waals surface area (Å²) in [5, 5.41) is 12.7. The first-order valence-electron chi connectivity index (χ1n) is 8.16. The third-order valence-electron chi connectivity index (χ3n) is 4.37. The average molecular weight is 369 g/mol. The maximum absolute atomic E-state index is 12.7. The molecule has 27 heavy (non-hydrogen) atoms. The summed E-state index contributed by atoms with van der Waals surface area (Å²) in [5.41, 5.74) is -0.697. The molecule has 1 unspecified atom stereocenters. The topological polar surface area (TPSA) is 94.1 Å². The van der Waals surface area contributed by atoms with Gasteiger partial charge in [-0.1, -0.05) is 24.3 Å². The van der Waals surface area contributed by atoms with Crippen LogP contribution in [-0.4, -0.2) is 31.0 Å². The quantitative estimate of drug-likeness (QED) is 0.842. The number of carbonyl (C=O) groups excluding carboxylic acids is 2. The average Bonchev–Trinajstić information content (AvgIpc) is 2.92. The highest BCUT2D eigenvalue weighted by molar-refractivity contribution is 6.04. The summed E-state index contributed by atoms with van der Waals surface area (Å²) >= 11 is 0. The van der Waals surface area contributed by atoms with Crippen molar-refractivity contribution in [2.45, 2.75) is 12.5 Å². The lowest BCUT2D eigenvalue weighted by Crippen LogP contribution is -2.32. The maximum Gasteiger partial charge on any atom is 0.258 e. The Hall–Kier alpha value is -3.48. The number of aliphatic hydroxyl groups is 1. The number of Topliss-reactive ketones (excluding diaryl/α,β-unsaturated/α-hetero) is 1. The second kappa shape index (κ2) is 7.03. The van der Waals surface area contributed by atoms with E-state index in [1.165, 1.54) is 21.1 Å². The molecule has 140 valence electrons. The molecule has 0 aliphatic carbocycles. The number of methoxy groups -OCH3 is 2. The molecule has 0 fully saturated rings. The molecule has 3 rings (SSSR count). The first kappa shape index (κ1) is 18.3. The van der Waals surface area contributed by atoms with E-state index in [0.717, 1.165) is 0 Å². The van der Waals surface area contributed by atoms with E-state index in [9.17, 15) is 14.7 Å². The molecule has 1 amide bonds. The molecule has 0 bridgehead atoms. The number of hydrogen-bond acceptors (Lipinski definition) is 6. The number of ketones is 1. The highest BCUT2D eigenvalue weighted by Crippen LogP contribution is 2.40. The number of rotatable bonds is 5. The Kier molecular flexibility index (Phi) is 4.77. The first-order chi connectivity index (χ1) is 12.9. The zero-order valence-electron chi connectivity index (χ0n) is 15.1. The van der Waals surface area contributed by atoms with Gasteiger partial charge in [-0.15, -0.1) is 0 Å². The lowest BCUT2D eigenvalue weighted by molar-refractivity contribution is -0.131. The molecular weight excluding hydrogens is 350 g/mol. The predicted molar refractivity (Wildman–Crippen MR) is 96.6 cm³/mol. The minimum Gasteiger partial charge on any atom is -0.501 e. The van der Waals surface area contributed by atoms with Gasteiger partial charge >= 0.3 is 0 Å². The van der Waals surface area contributed by atoms with Gasteiger partial charge in [0, 0.05) is 11.1 Å². The van der Waals surface area contributed by atoms with Gasteiger partial charge < -0.3 is 19.3 Å². The molecule has 0 radical (unpaired) electrons. The van der Waals surface area contributed by atoms with Crippen LogP contribution in [0.4, 0.5) is 0 Å². The van der Waals surface area contributed by atoms with Crippen LogP contribution in [0.15, 0.2) is 60.2 Å². The molecule has 0 saturated carbocycles. The summed E-state index contributed by atoms with van der Waals surface area (Å²) in [7, 11) is 2.98. The van der Waals surface area contributed by atoms with Crippen LogP contribution in [-0.2, 0) is 15.1 Å². The van der Waals surface area contributed by atoms with Gasteiger partial charge in [0.05, 0.1) is 14.2 Å². The van der Waals surface area contributed by atoms with Crippen LogP contribution in [0.25, 0.3) is 0 Å². The summed E-state index contributed by atoms with van der Waals surface area (Å²) in [4.78, 5) is 25.0. The van der Waals surface area contributed by atoms with Crippen molar-refractivity contribution in [3.05, 3.63) is 71.3 Å². The van der Waals surface area contributed by atoms with Gasteiger partial charge in [-0.25, -0.2) is 0 Å². The van der Waals surface area contributed by atoms with Gasteiger partial charge in [-0.05, 0) is 31.2 Å². The van der Waals surface area contributed by atoms with Crippen LogP contribution in [0.2, 0.25) is 0 Å². The molecule has 1 atom stereocenters. The van der Waals surface area contributed by atoms with Gasteiger partial charge in [-0.2, -0.15) is 0 Å². The SMILES string of the molecule is COc1ccc(C2(C)OC(NC(=O)c3ccccc3)=C(O)C2=O)cc1OC. The third kappa shape index (κ3) is 3.19. The molecule has 2 N–H and O–H groups in total. The van der Waals surface area contributed by atoms with Gasteiger partial charge in [0.15, 0.2) is 17.1 Å². The van der Waals surface area contributed by atoms with Crippen molar-refractivity contribution in [1.82, 2.24) is 5.32 Å². The highest BCUT2D eigenvalue weighted by Gasteiger charge is 2.48. The van der Waals surface area contributed by atoms with Crippen molar-refractivity contribution in [2.75, 3.05) is 14.2 Å². The molecule has 0 saturated heterocycles. The second-order valence-electron chi connectivity index (χ2n) is 6.03. The molecule has 7 nitrogen and oxygen atoms in total. The molecule has 7 heteroatoms. The molecular formula is C20H19NO6. The predicted octanol–water partition coefficient (Wildman–Crippen LogP) is 2.68. The van der Waals surface area contributed by atoms with E-state index in [4.69, 9.17) is 14.2 Å². The summed E-state index contributed by atoms with van der Waals surface area (Å²) in [6.07, 6.45) is 0. The minimum atomic E-state index is -1.51.